The van der Waals surface area contributed by atoms with Crippen LogP contribution in [-0.2, 0) is 16.1 Å². The van der Waals surface area contributed by atoms with Crippen LogP contribution >= 0.6 is 0 Å². The number of esters is 1. The fourth-order valence-corrected chi connectivity index (χ4v) is 1.89. The van der Waals surface area contributed by atoms with Crippen molar-refractivity contribution < 1.29 is 33.3 Å². The van der Waals surface area contributed by atoms with Crippen LogP contribution in [0.3, 0.4) is 0 Å². The molecule has 0 aliphatic heterocycles. The van der Waals surface area contributed by atoms with Gasteiger partial charge >= 0.3 is 11.9 Å². The average molecular weight is 332 g/mol. The number of hydrogen-bond acceptors (Lipinski definition) is 6. The Balaban J connectivity index is 2.08. The summed E-state index contributed by atoms with van der Waals surface area (Å²) in [5, 5.41) is 8.64. The fraction of sp³-hybridized carbons (Fsp3) is 0.176. The number of benzene rings is 1. The predicted octanol–water partition coefficient (Wildman–Crippen LogP) is 2.75. The van der Waals surface area contributed by atoms with Gasteiger partial charge in [0.25, 0.3) is 0 Å². The van der Waals surface area contributed by atoms with Gasteiger partial charge in [-0.05, 0) is 35.9 Å². The molecule has 0 saturated carbocycles. The zero-order valence-electron chi connectivity index (χ0n) is 13.1. The van der Waals surface area contributed by atoms with Gasteiger partial charge in [0.1, 0.15) is 12.4 Å². The van der Waals surface area contributed by atoms with E-state index in [9.17, 15) is 9.59 Å². The predicted molar refractivity (Wildman–Crippen MR) is 84.0 cm³/mol. The average Bonchev–Trinajstić information content (AvgIpc) is 3.06. The Bertz CT molecular complexity index is 758. The first kappa shape index (κ1) is 17.1. The summed E-state index contributed by atoms with van der Waals surface area (Å²) in [7, 11) is 2.75. The number of carbonyl (C=O) groups excluding carboxylic acids is 1. The van der Waals surface area contributed by atoms with Crippen molar-refractivity contribution in [3.8, 4) is 11.5 Å². The van der Waals surface area contributed by atoms with Crippen LogP contribution in [0.5, 0.6) is 11.5 Å². The van der Waals surface area contributed by atoms with E-state index in [4.69, 9.17) is 19.0 Å². The topological polar surface area (TPSA) is 95.2 Å². The molecule has 0 aliphatic carbocycles. The monoisotopic (exact) mass is 332 g/mol. The van der Waals surface area contributed by atoms with E-state index in [1.165, 1.54) is 26.4 Å². The fourth-order valence-electron chi connectivity index (χ4n) is 1.89. The van der Waals surface area contributed by atoms with Gasteiger partial charge < -0.3 is 23.7 Å². The first-order chi connectivity index (χ1) is 11.5. The van der Waals surface area contributed by atoms with E-state index < -0.39 is 11.9 Å². The molecule has 1 N–H and O–H groups in total. The normalized spacial score (nSPS) is 10.6. The van der Waals surface area contributed by atoms with E-state index in [1.54, 1.807) is 24.3 Å². The van der Waals surface area contributed by atoms with Gasteiger partial charge in [0.2, 0.25) is 5.76 Å². The highest BCUT2D eigenvalue weighted by Crippen LogP contribution is 2.29. The van der Waals surface area contributed by atoms with Crippen LogP contribution < -0.4 is 9.47 Å². The third-order valence-corrected chi connectivity index (χ3v) is 3.02. The van der Waals surface area contributed by atoms with Gasteiger partial charge in [-0.3, -0.25) is 0 Å². The van der Waals surface area contributed by atoms with Crippen molar-refractivity contribution >= 4 is 18.0 Å². The van der Waals surface area contributed by atoms with E-state index in [0.717, 1.165) is 6.08 Å². The Morgan fingerprint density at radius 1 is 1.17 bits per heavy atom. The highest BCUT2D eigenvalue weighted by molar-refractivity contribution is 5.86. The molecule has 1 aromatic heterocycles. The van der Waals surface area contributed by atoms with Crippen LogP contribution in [0, 0.1) is 0 Å². The molecule has 1 heterocycles. The minimum Gasteiger partial charge on any atom is -0.493 e. The molecule has 0 fully saturated rings. The molecular weight excluding hydrogens is 316 g/mol. The van der Waals surface area contributed by atoms with Crippen molar-refractivity contribution in [2.75, 3.05) is 14.2 Å². The Labute approximate surface area is 138 Å². The molecule has 126 valence electrons. The van der Waals surface area contributed by atoms with E-state index >= 15 is 0 Å². The summed E-state index contributed by atoms with van der Waals surface area (Å²) in [4.78, 5) is 21.9. The number of rotatable bonds is 7. The third-order valence-electron chi connectivity index (χ3n) is 3.02. The molecule has 2 aromatic rings. The second-order valence-electron chi connectivity index (χ2n) is 4.63. The van der Waals surface area contributed by atoms with Gasteiger partial charge in [-0.1, -0.05) is 6.07 Å². The lowest BCUT2D eigenvalue weighted by Crippen LogP contribution is -1.99. The van der Waals surface area contributed by atoms with Crippen molar-refractivity contribution in [3.63, 3.8) is 0 Å². The SMILES string of the molecule is COC(=O)c1ccc(COc2ccc(C=CC(=O)O)cc2OC)o1. The summed E-state index contributed by atoms with van der Waals surface area (Å²) in [5.41, 5.74) is 0.660. The maximum Gasteiger partial charge on any atom is 0.373 e. The van der Waals surface area contributed by atoms with Gasteiger partial charge in [-0.25, -0.2) is 9.59 Å². The van der Waals surface area contributed by atoms with Gasteiger partial charge in [0, 0.05) is 6.08 Å². The second-order valence-corrected chi connectivity index (χ2v) is 4.63. The number of carboxylic acid groups (broad SMARTS) is 1. The summed E-state index contributed by atoms with van der Waals surface area (Å²) in [6.45, 7) is 0.0949. The largest absolute Gasteiger partial charge is 0.493 e. The number of ether oxygens (including phenoxy) is 3. The molecule has 0 atom stereocenters. The molecule has 24 heavy (non-hydrogen) atoms. The van der Waals surface area contributed by atoms with Crippen molar-refractivity contribution in [1.82, 2.24) is 0 Å². The first-order valence-electron chi connectivity index (χ1n) is 6.92. The van der Waals surface area contributed by atoms with Crippen LogP contribution in [0.4, 0.5) is 0 Å². The van der Waals surface area contributed by atoms with Crippen LogP contribution in [0.25, 0.3) is 6.08 Å². The molecule has 0 amide bonds. The van der Waals surface area contributed by atoms with Crippen molar-refractivity contribution in [2.45, 2.75) is 6.61 Å². The molecule has 1 aromatic carbocycles. The number of aliphatic carboxylic acids is 1. The van der Waals surface area contributed by atoms with Crippen LogP contribution in [0.15, 0.2) is 40.8 Å². The minimum absolute atomic E-state index is 0.0946. The summed E-state index contributed by atoms with van der Waals surface area (Å²) < 4.78 is 20.7. The highest BCUT2D eigenvalue weighted by Gasteiger charge is 2.12. The lowest BCUT2D eigenvalue weighted by atomic mass is 10.2. The van der Waals surface area contributed by atoms with Crippen molar-refractivity contribution in [1.29, 1.82) is 0 Å². The lowest BCUT2D eigenvalue weighted by molar-refractivity contribution is -0.131. The first-order valence-corrected chi connectivity index (χ1v) is 6.92. The third kappa shape index (κ3) is 4.39. The summed E-state index contributed by atoms with van der Waals surface area (Å²) in [5.74, 6) is -0.144. The Morgan fingerprint density at radius 3 is 2.62 bits per heavy atom. The zero-order valence-corrected chi connectivity index (χ0v) is 13.1. The smallest absolute Gasteiger partial charge is 0.373 e. The Kier molecular flexibility index (Phi) is 5.62. The van der Waals surface area contributed by atoms with E-state index in [2.05, 4.69) is 4.74 Å². The molecule has 7 heteroatoms. The summed E-state index contributed by atoms with van der Waals surface area (Å²) >= 11 is 0. The number of hydrogen-bond donors (Lipinski definition) is 1. The van der Waals surface area contributed by atoms with Gasteiger partial charge in [-0.15, -0.1) is 0 Å². The number of carbonyl (C=O) groups is 2. The quantitative estimate of drug-likeness (QED) is 0.615. The summed E-state index contributed by atoms with van der Waals surface area (Å²) in [6, 6.07) is 8.12. The molecule has 0 aliphatic rings. The highest BCUT2D eigenvalue weighted by atomic mass is 16.5. The Hall–Kier alpha value is -3.22. The number of carboxylic acids is 1. The molecule has 2 rings (SSSR count). The van der Waals surface area contributed by atoms with E-state index in [0.29, 0.717) is 22.8 Å². The van der Waals surface area contributed by atoms with Crippen LogP contribution in [0.1, 0.15) is 21.9 Å². The second kappa shape index (κ2) is 7.87. The molecule has 7 nitrogen and oxygen atoms in total. The van der Waals surface area contributed by atoms with Gasteiger partial charge in [0.15, 0.2) is 11.5 Å². The number of methoxy groups -OCH3 is 2. The maximum atomic E-state index is 11.3. The zero-order chi connectivity index (χ0) is 17.5. The standard InChI is InChI=1S/C17H16O7/c1-21-15-9-11(4-8-16(18)19)3-6-13(15)23-10-12-5-7-14(24-12)17(20)22-2/h3-9H,10H2,1-2H3,(H,18,19). The Morgan fingerprint density at radius 2 is 1.96 bits per heavy atom. The van der Waals surface area contributed by atoms with E-state index in [1.807, 2.05) is 0 Å². The van der Waals surface area contributed by atoms with E-state index in [-0.39, 0.29) is 12.4 Å². The van der Waals surface area contributed by atoms with Gasteiger partial charge in [0.05, 0.1) is 14.2 Å². The molecule has 0 unspecified atom stereocenters. The van der Waals surface area contributed by atoms with Crippen molar-refractivity contribution in [3.05, 3.63) is 53.5 Å². The molecule has 0 radical (unpaired) electrons. The number of furan rings is 1. The van der Waals surface area contributed by atoms with Crippen LogP contribution in [-0.4, -0.2) is 31.3 Å². The van der Waals surface area contributed by atoms with Crippen LogP contribution in [0.2, 0.25) is 0 Å². The van der Waals surface area contributed by atoms with Gasteiger partial charge in [-0.2, -0.15) is 0 Å². The molecule has 0 spiro atoms. The minimum atomic E-state index is -1.03. The maximum absolute atomic E-state index is 11.3. The van der Waals surface area contributed by atoms with Crippen molar-refractivity contribution in [2.24, 2.45) is 0 Å². The molecule has 0 saturated heterocycles. The lowest BCUT2D eigenvalue weighted by Gasteiger charge is -2.10. The summed E-state index contributed by atoms with van der Waals surface area (Å²) in [6.07, 6.45) is 2.48. The molecule has 0 bridgehead atoms. The molecular formula is C17H16O7.